The van der Waals surface area contributed by atoms with E-state index in [0.717, 1.165) is 30.2 Å². The number of aryl methyl sites for hydroxylation is 1. The van der Waals surface area contributed by atoms with Gasteiger partial charge in [-0.3, -0.25) is 0 Å². The van der Waals surface area contributed by atoms with Crippen LogP contribution in [0.25, 0.3) is 5.69 Å². The normalized spacial score (nSPS) is 10.7. The summed E-state index contributed by atoms with van der Waals surface area (Å²) in [5.74, 6) is 0.905. The van der Waals surface area contributed by atoms with Crippen molar-refractivity contribution < 1.29 is 4.74 Å². The summed E-state index contributed by atoms with van der Waals surface area (Å²) in [6.07, 6.45) is 6.71. The average molecular weight is 273 g/mol. The summed E-state index contributed by atoms with van der Waals surface area (Å²) in [6, 6.07) is 7.94. The molecule has 0 aliphatic rings. The Hall–Kier alpha value is -1.97. The average Bonchev–Trinajstić information content (AvgIpc) is 2.79. The number of unbranched alkanes of at least 4 members (excludes halogenated alkanes) is 3. The Bertz CT molecular complexity index is 512. The molecule has 0 saturated heterocycles. The molecule has 0 atom stereocenters. The lowest BCUT2D eigenvalue weighted by atomic mass is 10.2. The second-order valence-electron chi connectivity index (χ2n) is 5.02. The van der Waals surface area contributed by atoms with Crippen molar-refractivity contribution in [3.05, 3.63) is 36.2 Å². The smallest absolute Gasteiger partial charge is 0.119 e. The molecule has 108 valence electrons. The molecule has 0 unspecified atom stereocenters. The zero-order valence-electron chi connectivity index (χ0n) is 12.3. The molecular formula is C16H23N3O. The summed E-state index contributed by atoms with van der Waals surface area (Å²) >= 11 is 0. The minimum absolute atomic E-state index is 0.709. The molecular weight excluding hydrogens is 250 g/mol. The first-order chi connectivity index (χ1) is 9.70. The molecule has 0 bridgehead atoms. The molecule has 2 rings (SSSR count). The molecule has 0 spiro atoms. The van der Waals surface area contributed by atoms with Crippen molar-refractivity contribution in [3.8, 4) is 11.4 Å². The molecule has 4 heteroatoms. The molecule has 0 amide bonds. The van der Waals surface area contributed by atoms with E-state index < -0.39 is 0 Å². The van der Waals surface area contributed by atoms with E-state index in [0.29, 0.717) is 5.69 Å². The van der Waals surface area contributed by atoms with Gasteiger partial charge in [-0.25, -0.2) is 4.68 Å². The maximum absolute atomic E-state index is 5.81. The molecule has 1 heterocycles. The van der Waals surface area contributed by atoms with E-state index in [1.165, 1.54) is 19.3 Å². The van der Waals surface area contributed by atoms with Gasteiger partial charge in [0.1, 0.15) is 5.75 Å². The lowest BCUT2D eigenvalue weighted by Crippen LogP contribution is -1.98. The minimum Gasteiger partial charge on any atom is -0.494 e. The minimum atomic E-state index is 0.709. The van der Waals surface area contributed by atoms with Gasteiger partial charge in [-0.15, -0.1) is 0 Å². The summed E-state index contributed by atoms with van der Waals surface area (Å²) < 4.78 is 7.51. The quantitative estimate of drug-likeness (QED) is 0.782. The SMILES string of the molecule is CCCCCCOc1ccc(-n2cc(N)c(C)n2)cc1. The van der Waals surface area contributed by atoms with Gasteiger partial charge in [0.2, 0.25) is 0 Å². The van der Waals surface area contributed by atoms with Gasteiger partial charge in [0.25, 0.3) is 0 Å². The lowest BCUT2D eigenvalue weighted by molar-refractivity contribution is 0.305. The van der Waals surface area contributed by atoms with E-state index in [-0.39, 0.29) is 0 Å². The lowest BCUT2D eigenvalue weighted by Gasteiger charge is -2.07. The molecule has 4 nitrogen and oxygen atoms in total. The van der Waals surface area contributed by atoms with Crippen LogP contribution in [0.3, 0.4) is 0 Å². The van der Waals surface area contributed by atoms with Crippen LogP contribution in [0.1, 0.15) is 38.3 Å². The summed E-state index contributed by atoms with van der Waals surface area (Å²) in [5, 5.41) is 4.36. The second-order valence-corrected chi connectivity index (χ2v) is 5.02. The number of nitrogen functional groups attached to an aromatic ring is 1. The van der Waals surface area contributed by atoms with E-state index >= 15 is 0 Å². The highest BCUT2D eigenvalue weighted by Gasteiger charge is 2.03. The zero-order valence-corrected chi connectivity index (χ0v) is 12.3. The standard InChI is InChI=1S/C16H23N3O/c1-3-4-5-6-11-20-15-9-7-14(8-10-15)19-12-16(17)13(2)18-19/h7-10,12H,3-6,11,17H2,1-2H3. The molecule has 0 radical (unpaired) electrons. The van der Waals surface area contributed by atoms with Gasteiger partial charge in [-0.2, -0.15) is 5.10 Å². The van der Waals surface area contributed by atoms with Gasteiger partial charge in [-0.1, -0.05) is 26.2 Å². The van der Waals surface area contributed by atoms with Crippen LogP contribution in [0.2, 0.25) is 0 Å². The third-order valence-corrected chi connectivity index (χ3v) is 3.30. The van der Waals surface area contributed by atoms with E-state index in [1.54, 1.807) is 4.68 Å². The Morgan fingerprint density at radius 1 is 1.15 bits per heavy atom. The Kier molecular flexibility index (Phi) is 5.04. The van der Waals surface area contributed by atoms with E-state index in [2.05, 4.69) is 12.0 Å². The zero-order chi connectivity index (χ0) is 14.4. The van der Waals surface area contributed by atoms with Crippen LogP contribution in [-0.4, -0.2) is 16.4 Å². The number of rotatable bonds is 7. The summed E-state index contributed by atoms with van der Waals surface area (Å²) in [4.78, 5) is 0. The molecule has 1 aromatic carbocycles. The number of anilines is 1. The molecule has 0 fully saturated rings. The monoisotopic (exact) mass is 273 g/mol. The number of nitrogens with zero attached hydrogens (tertiary/aromatic N) is 2. The van der Waals surface area contributed by atoms with E-state index in [1.807, 2.05) is 37.4 Å². The molecule has 1 aromatic heterocycles. The Morgan fingerprint density at radius 3 is 2.50 bits per heavy atom. The van der Waals surface area contributed by atoms with Crippen LogP contribution in [-0.2, 0) is 0 Å². The fourth-order valence-electron chi connectivity index (χ4n) is 2.02. The van der Waals surface area contributed by atoms with Gasteiger partial charge < -0.3 is 10.5 Å². The van der Waals surface area contributed by atoms with Crippen molar-refractivity contribution in [2.45, 2.75) is 39.5 Å². The van der Waals surface area contributed by atoms with Crippen molar-refractivity contribution >= 4 is 5.69 Å². The van der Waals surface area contributed by atoms with Gasteiger partial charge in [-0.05, 0) is 37.6 Å². The highest BCUT2D eigenvalue weighted by atomic mass is 16.5. The van der Waals surface area contributed by atoms with Crippen LogP contribution >= 0.6 is 0 Å². The molecule has 20 heavy (non-hydrogen) atoms. The van der Waals surface area contributed by atoms with Crippen molar-refractivity contribution in [2.24, 2.45) is 0 Å². The Balaban J connectivity index is 1.89. The molecule has 0 saturated carbocycles. The van der Waals surface area contributed by atoms with Gasteiger partial charge >= 0.3 is 0 Å². The first-order valence-electron chi connectivity index (χ1n) is 7.25. The topological polar surface area (TPSA) is 53.1 Å². The predicted molar refractivity (Wildman–Crippen MR) is 82.4 cm³/mol. The maximum atomic E-state index is 5.81. The first-order valence-corrected chi connectivity index (χ1v) is 7.25. The van der Waals surface area contributed by atoms with Crippen LogP contribution in [0.4, 0.5) is 5.69 Å². The first kappa shape index (κ1) is 14.4. The number of nitrogens with two attached hydrogens (primary N) is 1. The van der Waals surface area contributed by atoms with Crippen molar-refractivity contribution in [1.82, 2.24) is 9.78 Å². The predicted octanol–water partition coefficient (Wildman–Crippen LogP) is 3.72. The largest absolute Gasteiger partial charge is 0.494 e. The van der Waals surface area contributed by atoms with Gasteiger partial charge in [0.15, 0.2) is 0 Å². The second kappa shape index (κ2) is 6.98. The highest BCUT2D eigenvalue weighted by molar-refractivity contribution is 5.44. The summed E-state index contributed by atoms with van der Waals surface area (Å²) in [7, 11) is 0. The van der Waals surface area contributed by atoms with Gasteiger partial charge in [0.05, 0.1) is 29.9 Å². The van der Waals surface area contributed by atoms with Crippen LogP contribution < -0.4 is 10.5 Å². The van der Waals surface area contributed by atoms with E-state index in [4.69, 9.17) is 10.5 Å². The van der Waals surface area contributed by atoms with Gasteiger partial charge in [0, 0.05) is 0 Å². The number of benzene rings is 1. The fourth-order valence-corrected chi connectivity index (χ4v) is 2.02. The number of hydrogen-bond donors (Lipinski definition) is 1. The van der Waals surface area contributed by atoms with Crippen LogP contribution in [0, 0.1) is 6.92 Å². The fraction of sp³-hybridized carbons (Fsp3) is 0.438. The molecule has 0 aliphatic heterocycles. The van der Waals surface area contributed by atoms with Crippen molar-refractivity contribution in [3.63, 3.8) is 0 Å². The van der Waals surface area contributed by atoms with Crippen LogP contribution in [0.15, 0.2) is 30.5 Å². The number of aromatic nitrogens is 2. The molecule has 0 aliphatic carbocycles. The molecule has 2 N–H and O–H groups in total. The maximum Gasteiger partial charge on any atom is 0.119 e. The number of hydrogen-bond acceptors (Lipinski definition) is 3. The van der Waals surface area contributed by atoms with Crippen molar-refractivity contribution in [1.29, 1.82) is 0 Å². The number of ether oxygens (including phenoxy) is 1. The summed E-state index contributed by atoms with van der Waals surface area (Å²) in [5.41, 5.74) is 8.35. The third kappa shape index (κ3) is 3.76. The highest BCUT2D eigenvalue weighted by Crippen LogP contribution is 2.17. The Morgan fingerprint density at radius 2 is 1.90 bits per heavy atom. The van der Waals surface area contributed by atoms with Crippen molar-refractivity contribution in [2.75, 3.05) is 12.3 Å². The van der Waals surface area contributed by atoms with Crippen LogP contribution in [0.5, 0.6) is 5.75 Å². The third-order valence-electron chi connectivity index (χ3n) is 3.30. The summed E-state index contributed by atoms with van der Waals surface area (Å²) in [6.45, 7) is 4.90. The Labute approximate surface area is 120 Å². The van der Waals surface area contributed by atoms with E-state index in [9.17, 15) is 0 Å². The molecule has 2 aromatic rings.